The number of hydrogen-bond acceptors (Lipinski definition) is 2. The maximum absolute atomic E-state index is 13.1. The molecule has 1 rings (SSSR count). The van der Waals surface area contributed by atoms with Gasteiger partial charge in [0.25, 0.3) is 0 Å². The van der Waals surface area contributed by atoms with Gasteiger partial charge in [-0.15, -0.1) is 0 Å². The lowest BCUT2D eigenvalue weighted by Gasteiger charge is -2.17. The first-order chi connectivity index (χ1) is 8.75. The highest BCUT2D eigenvalue weighted by molar-refractivity contribution is 5.28. The van der Waals surface area contributed by atoms with E-state index in [1.165, 1.54) is 7.11 Å². The van der Waals surface area contributed by atoms with E-state index >= 15 is 0 Å². The number of rotatable bonds is 5. The van der Waals surface area contributed by atoms with E-state index in [4.69, 9.17) is 4.74 Å². The fourth-order valence-corrected chi connectivity index (χ4v) is 1.84. The molecule has 108 valence electrons. The minimum Gasteiger partial charge on any atom is -0.388 e. The summed E-state index contributed by atoms with van der Waals surface area (Å²) < 4.78 is 55.6. The summed E-state index contributed by atoms with van der Waals surface area (Å²) >= 11 is 0. The topological polar surface area (TPSA) is 29.5 Å². The highest BCUT2D eigenvalue weighted by Crippen LogP contribution is 2.33. The van der Waals surface area contributed by atoms with Gasteiger partial charge in [-0.2, -0.15) is 13.2 Å². The Bertz CT molecular complexity index is 418. The fourth-order valence-electron chi connectivity index (χ4n) is 1.84. The third-order valence-corrected chi connectivity index (χ3v) is 2.76. The number of ether oxygens (including phenoxy) is 1. The van der Waals surface area contributed by atoms with Crippen LogP contribution in [0.1, 0.15) is 30.6 Å². The van der Waals surface area contributed by atoms with Crippen molar-refractivity contribution in [2.24, 2.45) is 5.92 Å². The molecule has 0 aromatic heterocycles. The molecule has 1 N–H and O–H groups in total. The van der Waals surface area contributed by atoms with E-state index in [0.29, 0.717) is 12.7 Å². The molecule has 2 atom stereocenters. The molecule has 2 unspecified atom stereocenters. The minimum absolute atomic E-state index is 0.0145. The molecule has 0 radical (unpaired) electrons. The average molecular weight is 280 g/mol. The number of methoxy groups -OCH3 is 1. The SMILES string of the molecule is COCC(C)CC(O)c1ccc(F)c(C(F)(F)F)c1. The Morgan fingerprint density at radius 1 is 1.32 bits per heavy atom. The number of halogens is 4. The molecule has 0 saturated heterocycles. The normalized spacial score (nSPS) is 15.3. The Kier molecular flexibility index (Phi) is 5.31. The van der Waals surface area contributed by atoms with Crippen LogP contribution >= 0.6 is 0 Å². The zero-order valence-corrected chi connectivity index (χ0v) is 10.7. The Morgan fingerprint density at radius 2 is 1.95 bits per heavy atom. The number of benzene rings is 1. The van der Waals surface area contributed by atoms with Crippen LogP contribution in [0.2, 0.25) is 0 Å². The summed E-state index contributed by atoms with van der Waals surface area (Å²) in [6, 6.07) is 2.54. The van der Waals surface area contributed by atoms with Gasteiger partial charge in [-0.1, -0.05) is 13.0 Å². The minimum atomic E-state index is -4.77. The molecule has 0 fully saturated rings. The van der Waals surface area contributed by atoms with E-state index in [9.17, 15) is 22.7 Å². The number of hydrogen-bond donors (Lipinski definition) is 1. The largest absolute Gasteiger partial charge is 0.419 e. The van der Waals surface area contributed by atoms with Gasteiger partial charge in [-0.3, -0.25) is 0 Å². The summed E-state index contributed by atoms with van der Waals surface area (Å²) in [4.78, 5) is 0. The second-order valence-electron chi connectivity index (χ2n) is 4.55. The molecule has 0 amide bonds. The van der Waals surface area contributed by atoms with Crippen LogP contribution < -0.4 is 0 Å². The van der Waals surface area contributed by atoms with Crippen LogP contribution in [0, 0.1) is 11.7 Å². The Hall–Kier alpha value is -1.14. The number of aliphatic hydroxyl groups excluding tert-OH is 1. The molecular formula is C13H16F4O2. The van der Waals surface area contributed by atoms with Crippen LogP contribution in [0.3, 0.4) is 0 Å². The van der Waals surface area contributed by atoms with E-state index in [-0.39, 0.29) is 17.9 Å². The van der Waals surface area contributed by atoms with Gasteiger partial charge < -0.3 is 9.84 Å². The first kappa shape index (κ1) is 15.9. The van der Waals surface area contributed by atoms with Crippen molar-refractivity contribution < 1.29 is 27.4 Å². The molecule has 0 aliphatic carbocycles. The lowest BCUT2D eigenvalue weighted by Crippen LogP contribution is -2.12. The van der Waals surface area contributed by atoms with Crippen LogP contribution in [0.4, 0.5) is 17.6 Å². The van der Waals surface area contributed by atoms with Crippen molar-refractivity contribution in [1.29, 1.82) is 0 Å². The summed E-state index contributed by atoms with van der Waals surface area (Å²) in [5.74, 6) is -1.35. The molecule has 0 aliphatic rings. The van der Waals surface area contributed by atoms with Crippen molar-refractivity contribution in [3.8, 4) is 0 Å². The van der Waals surface area contributed by atoms with Gasteiger partial charge in [-0.25, -0.2) is 4.39 Å². The van der Waals surface area contributed by atoms with Crippen LogP contribution in [0.15, 0.2) is 18.2 Å². The zero-order valence-electron chi connectivity index (χ0n) is 10.7. The highest BCUT2D eigenvalue weighted by Gasteiger charge is 2.34. The predicted molar refractivity (Wildman–Crippen MR) is 62.0 cm³/mol. The third-order valence-electron chi connectivity index (χ3n) is 2.76. The second kappa shape index (κ2) is 6.34. The quantitative estimate of drug-likeness (QED) is 0.836. The molecular weight excluding hydrogens is 264 g/mol. The van der Waals surface area contributed by atoms with E-state index in [2.05, 4.69) is 0 Å². The second-order valence-corrected chi connectivity index (χ2v) is 4.55. The van der Waals surface area contributed by atoms with E-state index in [1.54, 1.807) is 6.92 Å². The van der Waals surface area contributed by atoms with Crippen LogP contribution in [-0.2, 0) is 10.9 Å². The molecule has 1 aromatic carbocycles. The van der Waals surface area contributed by atoms with Crippen molar-refractivity contribution in [1.82, 2.24) is 0 Å². The molecule has 6 heteroatoms. The van der Waals surface area contributed by atoms with Crippen molar-refractivity contribution in [3.05, 3.63) is 35.1 Å². The van der Waals surface area contributed by atoms with Gasteiger partial charge in [0.15, 0.2) is 0 Å². The maximum Gasteiger partial charge on any atom is 0.419 e. The third kappa shape index (κ3) is 4.47. The molecule has 0 spiro atoms. The molecule has 0 aliphatic heterocycles. The zero-order chi connectivity index (χ0) is 14.6. The first-order valence-corrected chi connectivity index (χ1v) is 5.79. The lowest BCUT2D eigenvalue weighted by molar-refractivity contribution is -0.140. The summed E-state index contributed by atoms with van der Waals surface area (Å²) in [6.45, 7) is 2.20. The smallest absolute Gasteiger partial charge is 0.388 e. The maximum atomic E-state index is 13.1. The summed E-state index contributed by atoms with van der Waals surface area (Å²) in [5.41, 5.74) is -1.31. The Morgan fingerprint density at radius 3 is 2.47 bits per heavy atom. The average Bonchev–Trinajstić information content (AvgIpc) is 2.27. The van der Waals surface area contributed by atoms with E-state index < -0.39 is 23.7 Å². The van der Waals surface area contributed by atoms with E-state index in [0.717, 1.165) is 12.1 Å². The molecule has 0 saturated carbocycles. The van der Waals surface area contributed by atoms with Gasteiger partial charge in [0.2, 0.25) is 0 Å². The molecule has 0 bridgehead atoms. The summed E-state index contributed by atoms with van der Waals surface area (Å²) in [6.07, 6.45) is -5.60. The molecule has 1 aromatic rings. The van der Waals surface area contributed by atoms with Crippen LogP contribution in [0.5, 0.6) is 0 Å². The van der Waals surface area contributed by atoms with Crippen LogP contribution in [0.25, 0.3) is 0 Å². The van der Waals surface area contributed by atoms with Crippen molar-refractivity contribution in [3.63, 3.8) is 0 Å². The summed E-state index contributed by atoms with van der Waals surface area (Å²) in [7, 11) is 1.50. The highest BCUT2D eigenvalue weighted by atomic mass is 19.4. The van der Waals surface area contributed by atoms with Gasteiger partial charge in [0.05, 0.1) is 11.7 Å². The Labute approximate surface area is 109 Å². The monoisotopic (exact) mass is 280 g/mol. The number of alkyl halides is 3. The summed E-state index contributed by atoms with van der Waals surface area (Å²) in [5, 5.41) is 9.85. The van der Waals surface area contributed by atoms with Crippen molar-refractivity contribution in [2.45, 2.75) is 25.6 Å². The van der Waals surface area contributed by atoms with Gasteiger partial charge in [0.1, 0.15) is 5.82 Å². The lowest BCUT2D eigenvalue weighted by atomic mass is 9.97. The molecule has 19 heavy (non-hydrogen) atoms. The molecule has 2 nitrogen and oxygen atoms in total. The van der Waals surface area contributed by atoms with Gasteiger partial charge in [0, 0.05) is 13.7 Å². The first-order valence-electron chi connectivity index (χ1n) is 5.79. The van der Waals surface area contributed by atoms with Crippen molar-refractivity contribution in [2.75, 3.05) is 13.7 Å². The van der Waals surface area contributed by atoms with Crippen molar-refractivity contribution >= 4 is 0 Å². The molecule has 0 heterocycles. The fraction of sp³-hybridized carbons (Fsp3) is 0.538. The van der Waals surface area contributed by atoms with Crippen LogP contribution in [-0.4, -0.2) is 18.8 Å². The van der Waals surface area contributed by atoms with Gasteiger partial charge in [-0.05, 0) is 30.0 Å². The predicted octanol–water partition coefficient (Wildman–Crippen LogP) is 3.55. The number of aliphatic hydroxyl groups is 1. The van der Waals surface area contributed by atoms with E-state index in [1.807, 2.05) is 0 Å². The standard InChI is InChI=1S/C13H16F4O2/c1-8(7-19-2)5-12(18)9-3-4-11(14)10(6-9)13(15,16)17/h3-4,6,8,12,18H,5,7H2,1-2H3. The Balaban J connectivity index is 2.90. The van der Waals surface area contributed by atoms with Gasteiger partial charge >= 0.3 is 6.18 Å².